The Hall–Kier alpha value is -0.0800. The first kappa shape index (κ1) is 12.0. The fourth-order valence-corrected chi connectivity index (χ4v) is 2.12. The van der Waals surface area contributed by atoms with Gasteiger partial charge in [0.05, 0.1) is 6.61 Å². The van der Waals surface area contributed by atoms with E-state index in [9.17, 15) is 0 Å². The monoisotopic (exact) mass is 199 g/mol. The van der Waals surface area contributed by atoms with E-state index in [4.69, 9.17) is 4.74 Å². The lowest BCUT2D eigenvalue weighted by Gasteiger charge is -2.09. The lowest BCUT2D eigenvalue weighted by molar-refractivity contribution is 0.136. The van der Waals surface area contributed by atoms with Gasteiger partial charge in [0.15, 0.2) is 0 Å². The molecule has 0 aromatic carbocycles. The molecular weight excluding hydrogens is 174 g/mol. The van der Waals surface area contributed by atoms with E-state index in [2.05, 4.69) is 12.2 Å². The maximum Gasteiger partial charge on any atom is 0.0590 e. The topological polar surface area (TPSA) is 21.3 Å². The average molecular weight is 199 g/mol. The summed E-state index contributed by atoms with van der Waals surface area (Å²) in [5, 5.41) is 3.45. The van der Waals surface area contributed by atoms with Crippen molar-refractivity contribution >= 4 is 0 Å². The lowest BCUT2D eigenvalue weighted by atomic mass is 10.0. The summed E-state index contributed by atoms with van der Waals surface area (Å²) in [4.78, 5) is 0. The SMILES string of the molecule is CCCOCCNCCC1CCCC1. The Morgan fingerprint density at radius 3 is 2.64 bits per heavy atom. The first-order chi connectivity index (χ1) is 6.93. The summed E-state index contributed by atoms with van der Waals surface area (Å²) in [5.74, 6) is 1.01. The van der Waals surface area contributed by atoms with E-state index >= 15 is 0 Å². The van der Waals surface area contributed by atoms with Crippen LogP contribution in [0.1, 0.15) is 45.4 Å². The number of ether oxygens (including phenoxy) is 1. The molecular formula is C12H25NO. The Morgan fingerprint density at radius 2 is 1.93 bits per heavy atom. The first-order valence-corrected chi connectivity index (χ1v) is 6.22. The van der Waals surface area contributed by atoms with Gasteiger partial charge in [-0.25, -0.2) is 0 Å². The molecule has 0 aromatic rings. The molecule has 1 rings (SSSR count). The third-order valence-corrected chi connectivity index (χ3v) is 2.98. The van der Waals surface area contributed by atoms with Crippen molar-refractivity contribution in [2.24, 2.45) is 5.92 Å². The standard InChI is InChI=1S/C12H25NO/c1-2-10-14-11-9-13-8-7-12-5-3-4-6-12/h12-13H,2-11H2,1H3. The van der Waals surface area contributed by atoms with E-state index in [1.54, 1.807) is 0 Å². The molecule has 1 fully saturated rings. The minimum absolute atomic E-state index is 0.874. The van der Waals surface area contributed by atoms with Crippen LogP contribution in [0.2, 0.25) is 0 Å². The van der Waals surface area contributed by atoms with Gasteiger partial charge in [-0.1, -0.05) is 32.6 Å². The fourth-order valence-electron chi connectivity index (χ4n) is 2.12. The van der Waals surface area contributed by atoms with Crippen molar-refractivity contribution < 1.29 is 4.74 Å². The van der Waals surface area contributed by atoms with Crippen LogP contribution in [0.4, 0.5) is 0 Å². The van der Waals surface area contributed by atoms with Crippen molar-refractivity contribution in [2.75, 3.05) is 26.3 Å². The second-order valence-corrected chi connectivity index (χ2v) is 4.30. The Kier molecular flexibility index (Phi) is 7.06. The van der Waals surface area contributed by atoms with Crippen molar-refractivity contribution in [1.29, 1.82) is 0 Å². The lowest BCUT2D eigenvalue weighted by Crippen LogP contribution is -2.22. The second kappa shape index (κ2) is 8.25. The molecule has 0 heterocycles. The number of hydrogen-bond acceptors (Lipinski definition) is 2. The van der Waals surface area contributed by atoms with E-state index in [0.29, 0.717) is 0 Å². The van der Waals surface area contributed by atoms with Crippen LogP contribution in [-0.4, -0.2) is 26.3 Å². The third kappa shape index (κ3) is 5.61. The predicted molar refractivity (Wildman–Crippen MR) is 60.6 cm³/mol. The summed E-state index contributed by atoms with van der Waals surface area (Å²) in [5.41, 5.74) is 0. The molecule has 0 spiro atoms. The molecule has 2 heteroatoms. The zero-order valence-corrected chi connectivity index (χ0v) is 9.56. The summed E-state index contributed by atoms with van der Waals surface area (Å²) in [7, 11) is 0. The zero-order chi connectivity index (χ0) is 10.1. The highest BCUT2D eigenvalue weighted by Crippen LogP contribution is 2.26. The highest BCUT2D eigenvalue weighted by Gasteiger charge is 2.13. The van der Waals surface area contributed by atoms with Crippen molar-refractivity contribution in [3.63, 3.8) is 0 Å². The average Bonchev–Trinajstić information content (AvgIpc) is 2.69. The highest BCUT2D eigenvalue weighted by atomic mass is 16.5. The number of nitrogens with one attached hydrogen (secondary N) is 1. The highest BCUT2D eigenvalue weighted by molar-refractivity contribution is 4.67. The van der Waals surface area contributed by atoms with Gasteiger partial charge >= 0.3 is 0 Å². The quantitative estimate of drug-likeness (QED) is 0.607. The van der Waals surface area contributed by atoms with Gasteiger partial charge in [0.1, 0.15) is 0 Å². The molecule has 84 valence electrons. The van der Waals surface area contributed by atoms with Crippen LogP contribution in [0.25, 0.3) is 0 Å². The fraction of sp³-hybridized carbons (Fsp3) is 1.00. The minimum Gasteiger partial charge on any atom is -0.380 e. The van der Waals surface area contributed by atoms with Crippen molar-refractivity contribution in [3.8, 4) is 0 Å². The summed E-state index contributed by atoms with van der Waals surface area (Å²) < 4.78 is 5.39. The Bertz CT molecular complexity index is 121. The number of rotatable bonds is 8. The summed E-state index contributed by atoms with van der Waals surface area (Å²) in [6, 6.07) is 0. The van der Waals surface area contributed by atoms with Crippen LogP contribution >= 0.6 is 0 Å². The van der Waals surface area contributed by atoms with Gasteiger partial charge < -0.3 is 10.1 Å². The predicted octanol–water partition coefficient (Wildman–Crippen LogP) is 2.58. The zero-order valence-electron chi connectivity index (χ0n) is 9.56. The van der Waals surface area contributed by atoms with Gasteiger partial charge in [-0.3, -0.25) is 0 Å². The van der Waals surface area contributed by atoms with Crippen LogP contribution in [0.5, 0.6) is 0 Å². The Balaban J connectivity index is 1.75. The van der Waals surface area contributed by atoms with Crippen molar-refractivity contribution in [2.45, 2.75) is 45.4 Å². The molecule has 0 unspecified atom stereocenters. The third-order valence-electron chi connectivity index (χ3n) is 2.98. The summed E-state index contributed by atoms with van der Waals surface area (Å²) >= 11 is 0. The maximum atomic E-state index is 5.39. The molecule has 0 aromatic heterocycles. The van der Waals surface area contributed by atoms with Crippen molar-refractivity contribution in [1.82, 2.24) is 5.32 Å². The molecule has 1 aliphatic carbocycles. The molecule has 0 saturated heterocycles. The van der Waals surface area contributed by atoms with Crippen LogP contribution in [-0.2, 0) is 4.74 Å². The normalized spacial score (nSPS) is 17.8. The van der Waals surface area contributed by atoms with Crippen molar-refractivity contribution in [3.05, 3.63) is 0 Å². The Morgan fingerprint density at radius 1 is 1.14 bits per heavy atom. The van der Waals surface area contributed by atoms with E-state index in [-0.39, 0.29) is 0 Å². The molecule has 0 atom stereocenters. The molecule has 0 amide bonds. The van der Waals surface area contributed by atoms with Crippen LogP contribution < -0.4 is 5.32 Å². The molecule has 1 saturated carbocycles. The summed E-state index contributed by atoms with van der Waals surface area (Å²) in [6.45, 7) is 6.13. The van der Waals surface area contributed by atoms with Crippen LogP contribution in [0.3, 0.4) is 0 Å². The minimum atomic E-state index is 0.874. The van der Waals surface area contributed by atoms with Gasteiger partial charge in [0.2, 0.25) is 0 Å². The molecule has 0 aliphatic heterocycles. The summed E-state index contributed by atoms with van der Waals surface area (Å²) in [6.07, 6.45) is 8.35. The van der Waals surface area contributed by atoms with E-state index < -0.39 is 0 Å². The second-order valence-electron chi connectivity index (χ2n) is 4.30. The van der Waals surface area contributed by atoms with Gasteiger partial charge in [-0.2, -0.15) is 0 Å². The molecule has 2 nitrogen and oxygen atoms in total. The Labute approximate surface area is 88.4 Å². The smallest absolute Gasteiger partial charge is 0.0590 e. The van der Waals surface area contributed by atoms with Gasteiger partial charge in [0.25, 0.3) is 0 Å². The van der Waals surface area contributed by atoms with E-state index in [0.717, 1.165) is 32.1 Å². The largest absolute Gasteiger partial charge is 0.380 e. The van der Waals surface area contributed by atoms with Gasteiger partial charge in [0, 0.05) is 13.2 Å². The van der Waals surface area contributed by atoms with Crippen LogP contribution in [0.15, 0.2) is 0 Å². The maximum absolute atomic E-state index is 5.39. The molecule has 1 aliphatic rings. The van der Waals surface area contributed by atoms with E-state index in [1.165, 1.54) is 38.6 Å². The molecule has 0 radical (unpaired) electrons. The van der Waals surface area contributed by atoms with Gasteiger partial charge in [-0.15, -0.1) is 0 Å². The molecule has 0 bridgehead atoms. The first-order valence-electron chi connectivity index (χ1n) is 6.22. The van der Waals surface area contributed by atoms with E-state index in [1.807, 2.05) is 0 Å². The van der Waals surface area contributed by atoms with Crippen LogP contribution in [0, 0.1) is 5.92 Å². The van der Waals surface area contributed by atoms with Gasteiger partial charge in [-0.05, 0) is 25.3 Å². The molecule has 1 N–H and O–H groups in total. The molecule has 14 heavy (non-hydrogen) atoms. The number of hydrogen-bond donors (Lipinski definition) is 1.